The van der Waals surface area contributed by atoms with Gasteiger partial charge in [0.25, 0.3) is 0 Å². The van der Waals surface area contributed by atoms with Crippen molar-refractivity contribution >= 4 is 23.4 Å². The summed E-state index contributed by atoms with van der Waals surface area (Å²) in [6.07, 6.45) is -0.477. The van der Waals surface area contributed by atoms with Gasteiger partial charge in [-0.1, -0.05) is 25.4 Å². The fourth-order valence-corrected chi connectivity index (χ4v) is 2.79. The molecule has 1 aliphatic carbocycles. The number of ether oxygens (including phenoxy) is 1. The van der Waals surface area contributed by atoms with Crippen LogP contribution in [-0.2, 0) is 4.74 Å². The zero-order valence-electron chi connectivity index (χ0n) is 13.2. The van der Waals surface area contributed by atoms with Crippen LogP contribution in [0.4, 0.5) is 10.5 Å². The number of nitrogens with two attached hydrogens (primary N) is 1. The maximum atomic E-state index is 11.8. The summed E-state index contributed by atoms with van der Waals surface area (Å²) in [6.45, 7) is 9.71. The van der Waals surface area contributed by atoms with Crippen molar-refractivity contribution in [2.75, 3.05) is 5.32 Å². The summed E-state index contributed by atoms with van der Waals surface area (Å²) in [5.41, 5.74) is 7.26. The molecule has 1 fully saturated rings. The van der Waals surface area contributed by atoms with Crippen molar-refractivity contribution in [3.63, 3.8) is 0 Å². The number of rotatable bonds is 2. The molecule has 4 nitrogen and oxygen atoms in total. The quantitative estimate of drug-likeness (QED) is 0.863. The summed E-state index contributed by atoms with van der Waals surface area (Å²) in [6, 6.07) is 5.51. The Kier molecular flexibility index (Phi) is 3.98. The minimum atomic E-state index is -0.528. The molecule has 21 heavy (non-hydrogen) atoms. The largest absolute Gasteiger partial charge is 0.444 e. The fraction of sp³-hybridized carbons (Fsp3) is 0.562. The molecule has 0 spiro atoms. The summed E-state index contributed by atoms with van der Waals surface area (Å²) < 4.78 is 5.24. The zero-order chi connectivity index (χ0) is 16.0. The number of hydrogen-bond donors (Lipinski definition) is 2. The van der Waals surface area contributed by atoms with Crippen molar-refractivity contribution in [1.29, 1.82) is 0 Å². The first-order chi connectivity index (χ1) is 9.52. The van der Waals surface area contributed by atoms with Gasteiger partial charge in [-0.3, -0.25) is 5.32 Å². The van der Waals surface area contributed by atoms with Crippen LogP contribution in [0.3, 0.4) is 0 Å². The molecular weight excluding hydrogens is 288 g/mol. The van der Waals surface area contributed by atoms with Gasteiger partial charge in [-0.25, -0.2) is 4.79 Å². The van der Waals surface area contributed by atoms with Crippen molar-refractivity contribution in [3.8, 4) is 0 Å². The molecule has 1 aliphatic rings. The molecule has 0 saturated heterocycles. The van der Waals surface area contributed by atoms with Crippen LogP contribution in [0.2, 0.25) is 5.02 Å². The van der Waals surface area contributed by atoms with Crippen molar-refractivity contribution in [3.05, 3.63) is 28.8 Å². The normalized spacial score (nSPS) is 23.6. The van der Waals surface area contributed by atoms with E-state index in [1.54, 1.807) is 12.1 Å². The Bertz CT molecular complexity index is 564. The van der Waals surface area contributed by atoms with E-state index in [1.807, 2.05) is 26.8 Å². The van der Waals surface area contributed by atoms with Gasteiger partial charge in [-0.15, -0.1) is 0 Å². The van der Waals surface area contributed by atoms with Gasteiger partial charge in [0.1, 0.15) is 5.60 Å². The average molecular weight is 311 g/mol. The smallest absolute Gasteiger partial charge is 0.412 e. The van der Waals surface area contributed by atoms with E-state index in [9.17, 15) is 4.79 Å². The molecule has 1 aromatic carbocycles. The van der Waals surface area contributed by atoms with E-state index in [-0.39, 0.29) is 17.4 Å². The zero-order valence-corrected chi connectivity index (χ0v) is 13.9. The molecule has 0 heterocycles. The summed E-state index contributed by atoms with van der Waals surface area (Å²) >= 11 is 6.27. The third-order valence-corrected chi connectivity index (χ3v) is 4.23. The number of benzene rings is 1. The Morgan fingerprint density at radius 1 is 1.38 bits per heavy atom. The summed E-state index contributed by atoms with van der Waals surface area (Å²) in [7, 11) is 0. The van der Waals surface area contributed by atoms with Gasteiger partial charge in [0.15, 0.2) is 0 Å². The number of amides is 1. The molecule has 1 aromatic rings. The fourth-order valence-electron chi connectivity index (χ4n) is 2.55. The molecule has 2 atom stereocenters. The first kappa shape index (κ1) is 16.1. The highest BCUT2D eigenvalue weighted by molar-refractivity contribution is 6.31. The van der Waals surface area contributed by atoms with Crippen LogP contribution in [-0.4, -0.2) is 17.7 Å². The number of hydrogen-bond acceptors (Lipinski definition) is 3. The van der Waals surface area contributed by atoms with Crippen LogP contribution in [0.25, 0.3) is 0 Å². The van der Waals surface area contributed by atoms with Crippen molar-refractivity contribution < 1.29 is 9.53 Å². The van der Waals surface area contributed by atoms with Gasteiger partial charge in [0, 0.05) is 22.7 Å². The third-order valence-electron chi connectivity index (χ3n) is 3.89. The van der Waals surface area contributed by atoms with E-state index >= 15 is 0 Å². The lowest BCUT2D eigenvalue weighted by atomic mass is 10.0. The van der Waals surface area contributed by atoms with E-state index in [2.05, 4.69) is 19.2 Å². The number of nitrogens with one attached hydrogen (secondary N) is 1. The minimum absolute atomic E-state index is 0.0359. The maximum Gasteiger partial charge on any atom is 0.412 e. The molecule has 0 radical (unpaired) electrons. The van der Waals surface area contributed by atoms with Gasteiger partial charge in [0.2, 0.25) is 0 Å². The highest BCUT2D eigenvalue weighted by Crippen LogP contribution is 2.58. The molecule has 1 amide bonds. The van der Waals surface area contributed by atoms with Gasteiger partial charge in [-0.05, 0) is 49.9 Å². The Balaban J connectivity index is 2.15. The van der Waals surface area contributed by atoms with Crippen LogP contribution >= 0.6 is 11.6 Å². The highest BCUT2D eigenvalue weighted by Gasteiger charge is 2.56. The lowest BCUT2D eigenvalue weighted by Crippen LogP contribution is -2.27. The van der Waals surface area contributed by atoms with Crippen LogP contribution in [0.5, 0.6) is 0 Å². The number of carbonyl (C=O) groups excluding carboxylic acids is 1. The molecular formula is C16H23ClN2O2. The van der Waals surface area contributed by atoms with Crippen molar-refractivity contribution in [1.82, 2.24) is 0 Å². The van der Waals surface area contributed by atoms with Gasteiger partial charge in [0.05, 0.1) is 0 Å². The molecule has 1 saturated carbocycles. The van der Waals surface area contributed by atoms with E-state index in [4.69, 9.17) is 22.1 Å². The van der Waals surface area contributed by atoms with Crippen LogP contribution in [0, 0.1) is 5.41 Å². The van der Waals surface area contributed by atoms with E-state index in [1.165, 1.54) is 0 Å². The van der Waals surface area contributed by atoms with Gasteiger partial charge < -0.3 is 10.5 Å². The molecule has 0 aliphatic heterocycles. The lowest BCUT2D eigenvalue weighted by molar-refractivity contribution is 0.0636. The second kappa shape index (κ2) is 5.18. The summed E-state index contributed by atoms with van der Waals surface area (Å²) in [5, 5.41) is 3.41. The van der Waals surface area contributed by atoms with Crippen LogP contribution in [0.1, 0.15) is 46.1 Å². The Morgan fingerprint density at radius 2 is 1.95 bits per heavy atom. The second-order valence-corrected chi connectivity index (χ2v) is 7.60. The number of carbonyl (C=O) groups is 1. The lowest BCUT2D eigenvalue weighted by Gasteiger charge is -2.20. The molecule has 116 valence electrons. The summed E-state index contributed by atoms with van der Waals surface area (Å²) in [5.74, 6) is 0.213. The second-order valence-electron chi connectivity index (χ2n) is 7.19. The van der Waals surface area contributed by atoms with E-state index in [0.717, 1.165) is 5.56 Å². The number of halogens is 1. The maximum absolute atomic E-state index is 11.8. The predicted molar refractivity (Wildman–Crippen MR) is 85.8 cm³/mol. The monoisotopic (exact) mass is 310 g/mol. The van der Waals surface area contributed by atoms with E-state index in [0.29, 0.717) is 10.7 Å². The SMILES string of the molecule is CC(C)(C)OC(=O)Nc1ccc(Cl)c(C2C(N)C2(C)C)c1. The summed E-state index contributed by atoms with van der Waals surface area (Å²) in [4.78, 5) is 11.8. The molecule has 0 bridgehead atoms. The Labute approximate surface area is 131 Å². The standard InChI is InChI=1S/C16H23ClN2O2/c1-15(2,3)21-14(20)19-9-6-7-11(17)10(8-9)12-13(18)16(12,4)5/h6-8,12-13H,18H2,1-5H3,(H,19,20). The van der Waals surface area contributed by atoms with Crippen molar-refractivity contribution in [2.45, 2.75) is 52.2 Å². The van der Waals surface area contributed by atoms with Gasteiger partial charge in [-0.2, -0.15) is 0 Å². The highest BCUT2D eigenvalue weighted by atomic mass is 35.5. The molecule has 2 rings (SSSR count). The molecule has 0 aromatic heterocycles. The molecule has 5 heteroatoms. The van der Waals surface area contributed by atoms with Gasteiger partial charge >= 0.3 is 6.09 Å². The van der Waals surface area contributed by atoms with Crippen LogP contribution < -0.4 is 11.1 Å². The molecule has 3 N–H and O–H groups in total. The molecule has 2 unspecified atom stereocenters. The predicted octanol–water partition coefficient (Wildman–Crippen LogP) is 4.14. The first-order valence-electron chi connectivity index (χ1n) is 7.07. The minimum Gasteiger partial charge on any atom is -0.444 e. The van der Waals surface area contributed by atoms with Crippen molar-refractivity contribution in [2.24, 2.45) is 11.1 Å². The van der Waals surface area contributed by atoms with E-state index < -0.39 is 11.7 Å². The topological polar surface area (TPSA) is 64.3 Å². The third kappa shape index (κ3) is 3.50. The Morgan fingerprint density at radius 3 is 2.43 bits per heavy atom. The Hall–Kier alpha value is -1.26. The van der Waals surface area contributed by atoms with Crippen LogP contribution in [0.15, 0.2) is 18.2 Å². The number of anilines is 1. The average Bonchev–Trinajstić information content (AvgIpc) is 2.78. The first-order valence-corrected chi connectivity index (χ1v) is 7.45.